The van der Waals surface area contributed by atoms with Crippen molar-refractivity contribution in [2.24, 2.45) is 45.3 Å². The van der Waals surface area contributed by atoms with E-state index in [-0.39, 0.29) is 39.8 Å². The Bertz CT molecular complexity index is 862. The van der Waals surface area contributed by atoms with Crippen LogP contribution in [0.1, 0.15) is 100 Å². The first-order valence-corrected chi connectivity index (χ1v) is 14.0. The highest BCUT2D eigenvalue weighted by molar-refractivity contribution is 5.33. The minimum absolute atomic E-state index is 0.0347. The van der Waals surface area contributed by atoms with Gasteiger partial charge in [-0.05, 0) is 104 Å². The second-order valence-corrected chi connectivity index (χ2v) is 14.8. The molecule has 0 amide bonds. The predicted molar refractivity (Wildman–Crippen MR) is 135 cm³/mol. The fourth-order valence-electron chi connectivity index (χ4n) is 10.3. The van der Waals surface area contributed by atoms with E-state index in [1.54, 1.807) is 5.57 Å². The Kier molecular flexibility index (Phi) is 5.61. The molecule has 0 bridgehead atoms. The third-order valence-electron chi connectivity index (χ3n) is 12.8. The summed E-state index contributed by atoms with van der Waals surface area (Å²) in [6.07, 6.45) is 8.38. The van der Waals surface area contributed by atoms with Gasteiger partial charge in [-0.15, -0.1) is 0 Å². The van der Waals surface area contributed by atoms with Crippen LogP contribution in [0.5, 0.6) is 0 Å². The molecule has 5 aliphatic rings. The van der Waals surface area contributed by atoms with E-state index in [0.717, 1.165) is 25.7 Å². The Morgan fingerprint density at radius 3 is 2.21 bits per heavy atom. The number of aliphatic hydroxyl groups is 3. The van der Waals surface area contributed by atoms with Crippen molar-refractivity contribution >= 4 is 0 Å². The smallest absolute Gasteiger partial charge is 0.111 e. The van der Waals surface area contributed by atoms with Gasteiger partial charge in [-0.3, -0.25) is 0 Å². The molecule has 0 radical (unpaired) electrons. The second-order valence-electron chi connectivity index (χ2n) is 14.8. The van der Waals surface area contributed by atoms with Crippen molar-refractivity contribution in [3.05, 3.63) is 11.6 Å². The standard InChI is InChI=1S/C30H50O4/c1-17(24-23(32)25(33)27(4,5)34-24)18-11-15-30(8)20-9-10-21-26(2,3)22(31)13-14-28(21,6)19(20)12-16-29(18,30)7/h9,17-19,21-25,31-33H,10-16H2,1-8H3/t17-,18+,19-,21+,22-,23-,24-,25-,28-,29+,30-/m1/s1. The molecule has 34 heavy (non-hydrogen) atoms. The molecule has 1 aliphatic heterocycles. The van der Waals surface area contributed by atoms with Crippen LogP contribution in [0.4, 0.5) is 0 Å². The van der Waals surface area contributed by atoms with Crippen molar-refractivity contribution in [2.75, 3.05) is 0 Å². The SMILES string of the molecule is C[C@@H]([C@H]1OC(C)(C)[C@H](O)[C@@H]1O)[C@@H]1CC[C@]2(C)C3=CC[C@H]4C(C)(C)[C@H](O)CC[C@]4(C)[C@@H]3CC[C@@]12C. The first kappa shape index (κ1) is 25.2. The summed E-state index contributed by atoms with van der Waals surface area (Å²) < 4.78 is 6.29. The van der Waals surface area contributed by atoms with Crippen molar-refractivity contribution < 1.29 is 20.1 Å². The number of hydrogen-bond donors (Lipinski definition) is 3. The first-order chi connectivity index (χ1) is 15.6. The Morgan fingerprint density at radius 1 is 0.912 bits per heavy atom. The Hall–Kier alpha value is -0.420. The van der Waals surface area contributed by atoms with Crippen LogP contribution in [-0.2, 0) is 4.74 Å². The van der Waals surface area contributed by atoms with Crippen LogP contribution in [0, 0.1) is 45.3 Å². The number of fused-ring (bicyclic) bond motifs is 5. The van der Waals surface area contributed by atoms with Gasteiger partial charge in [-0.1, -0.05) is 53.2 Å². The summed E-state index contributed by atoms with van der Waals surface area (Å²) >= 11 is 0. The van der Waals surface area contributed by atoms with Gasteiger partial charge in [-0.25, -0.2) is 0 Å². The van der Waals surface area contributed by atoms with Crippen LogP contribution in [0.2, 0.25) is 0 Å². The molecule has 3 N–H and O–H groups in total. The first-order valence-electron chi connectivity index (χ1n) is 14.0. The van der Waals surface area contributed by atoms with Crippen molar-refractivity contribution in [3.8, 4) is 0 Å². The molecule has 0 aromatic rings. The van der Waals surface area contributed by atoms with Crippen molar-refractivity contribution in [1.29, 1.82) is 0 Å². The normalized spacial score (nSPS) is 54.6. The molecule has 0 unspecified atom stereocenters. The molecular weight excluding hydrogens is 424 g/mol. The second kappa shape index (κ2) is 7.55. The summed E-state index contributed by atoms with van der Waals surface area (Å²) in [4.78, 5) is 0. The zero-order chi connectivity index (χ0) is 25.1. The molecule has 11 atom stereocenters. The van der Waals surface area contributed by atoms with Crippen LogP contribution in [-0.4, -0.2) is 45.3 Å². The quantitative estimate of drug-likeness (QED) is 0.463. The maximum atomic E-state index is 10.9. The topological polar surface area (TPSA) is 69.9 Å². The van der Waals surface area contributed by atoms with Gasteiger partial charge in [0.25, 0.3) is 0 Å². The molecule has 0 spiro atoms. The number of rotatable bonds is 2. The molecule has 3 saturated carbocycles. The molecule has 0 aromatic heterocycles. The number of allylic oxidation sites excluding steroid dienone is 2. The third kappa shape index (κ3) is 3.04. The maximum absolute atomic E-state index is 10.9. The lowest BCUT2D eigenvalue weighted by Crippen LogP contribution is -2.58. The highest BCUT2D eigenvalue weighted by Gasteiger charge is 2.66. The molecule has 194 valence electrons. The summed E-state index contributed by atoms with van der Waals surface area (Å²) in [5.74, 6) is 1.81. The lowest BCUT2D eigenvalue weighted by Gasteiger charge is -2.64. The van der Waals surface area contributed by atoms with Crippen molar-refractivity contribution in [3.63, 3.8) is 0 Å². The molecule has 5 rings (SSSR count). The minimum Gasteiger partial charge on any atom is -0.393 e. The van der Waals surface area contributed by atoms with Crippen molar-refractivity contribution in [1.82, 2.24) is 0 Å². The zero-order valence-electron chi connectivity index (χ0n) is 22.9. The minimum atomic E-state index is -0.834. The van der Waals surface area contributed by atoms with Gasteiger partial charge in [0, 0.05) is 0 Å². The molecular formula is C30H50O4. The largest absolute Gasteiger partial charge is 0.393 e. The summed E-state index contributed by atoms with van der Waals surface area (Å²) in [6.45, 7) is 18.2. The van der Waals surface area contributed by atoms with E-state index in [0.29, 0.717) is 17.8 Å². The highest BCUT2D eigenvalue weighted by atomic mass is 16.6. The number of ether oxygens (including phenoxy) is 1. The van der Waals surface area contributed by atoms with E-state index in [1.807, 2.05) is 13.8 Å². The van der Waals surface area contributed by atoms with Crippen LogP contribution < -0.4 is 0 Å². The summed E-state index contributed by atoms with van der Waals surface area (Å²) in [5, 5.41) is 32.3. The molecule has 1 heterocycles. The van der Waals surface area contributed by atoms with Gasteiger partial charge in [0.2, 0.25) is 0 Å². The zero-order valence-corrected chi connectivity index (χ0v) is 22.9. The van der Waals surface area contributed by atoms with Gasteiger partial charge in [0.05, 0.1) is 17.8 Å². The molecule has 0 aromatic carbocycles. The van der Waals surface area contributed by atoms with Gasteiger partial charge >= 0.3 is 0 Å². The van der Waals surface area contributed by atoms with E-state index in [4.69, 9.17) is 4.74 Å². The van der Waals surface area contributed by atoms with E-state index >= 15 is 0 Å². The molecule has 1 saturated heterocycles. The van der Waals surface area contributed by atoms with E-state index in [2.05, 4.69) is 47.6 Å². The lowest BCUT2D eigenvalue weighted by molar-refractivity contribution is -0.135. The van der Waals surface area contributed by atoms with Crippen molar-refractivity contribution in [2.45, 2.75) is 130 Å². The van der Waals surface area contributed by atoms with E-state index in [1.165, 1.54) is 19.3 Å². The molecule has 4 heteroatoms. The average Bonchev–Trinajstić information content (AvgIpc) is 3.15. The van der Waals surface area contributed by atoms with Gasteiger partial charge < -0.3 is 20.1 Å². The van der Waals surface area contributed by atoms with E-state index < -0.39 is 17.8 Å². The lowest BCUT2D eigenvalue weighted by atomic mass is 9.41. The summed E-state index contributed by atoms with van der Waals surface area (Å²) in [7, 11) is 0. The Labute approximate surface area is 207 Å². The number of hydrogen-bond acceptors (Lipinski definition) is 4. The Morgan fingerprint density at radius 2 is 1.59 bits per heavy atom. The number of aliphatic hydroxyl groups excluding tert-OH is 3. The van der Waals surface area contributed by atoms with E-state index in [9.17, 15) is 15.3 Å². The fourth-order valence-corrected chi connectivity index (χ4v) is 10.3. The molecule has 4 nitrogen and oxygen atoms in total. The predicted octanol–water partition coefficient (Wildman–Crippen LogP) is 5.49. The fraction of sp³-hybridized carbons (Fsp3) is 0.933. The van der Waals surface area contributed by atoms with Gasteiger partial charge in [-0.2, -0.15) is 0 Å². The van der Waals surface area contributed by atoms with Crippen LogP contribution in [0.15, 0.2) is 11.6 Å². The average molecular weight is 475 g/mol. The molecule has 4 aliphatic carbocycles. The van der Waals surface area contributed by atoms with Crippen LogP contribution in [0.25, 0.3) is 0 Å². The van der Waals surface area contributed by atoms with Gasteiger partial charge in [0.15, 0.2) is 0 Å². The van der Waals surface area contributed by atoms with Crippen LogP contribution in [0.3, 0.4) is 0 Å². The summed E-state index contributed by atoms with van der Waals surface area (Å²) in [6, 6.07) is 0. The molecule has 4 fully saturated rings. The maximum Gasteiger partial charge on any atom is 0.111 e. The van der Waals surface area contributed by atoms with Gasteiger partial charge in [0.1, 0.15) is 12.2 Å². The highest BCUT2D eigenvalue weighted by Crippen LogP contribution is 2.73. The van der Waals surface area contributed by atoms with Crippen LogP contribution >= 0.6 is 0 Å². The third-order valence-corrected chi connectivity index (χ3v) is 12.8. The summed E-state index contributed by atoms with van der Waals surface area (Å²) in [5.41, 5.74) is 1.57. The Balaban J connectivity index is 1.46. The monoisotopic (exact) mass is 474 g/mol.